The highest BCUT2D eigenvalue weighted by molar-refractivity contribution is 5.91. The summed E-state index contributed by atoms with van der Waals surface area (Å²) < 4.78 is 17.6. The second-order valence-corrected chi connectivity index (χ2v) is 11.1. The van der Waals surface area contributed by atoms with E-state index in [-0.39, 0.29) is 29.1 Å². The Balaban J connectivity index is 2.16. The number of aliphatic hydroxyl groups excluding tert-OH is 1. The molecule has 0 radical (unpaired) electrons. The summed E-state index contributed by atoms with van der Waals surface area (Å²) in [5.41, 5.74) is 1.12. The molecule has 0 spiro atoms. The van der Waals surface area contributed by atoms with Gasteiger partial charge in [0.25, 0.3) is 11.1 Å². The topological polar surface area (TPSA) is 119 Å². The number of hydrogen-bond donors (Lipinski definition) is 2. The molecule has 1 amide bonds. The van der Waals surface area contributed by atoms with E-state index in [0.29, 0.717) is 39.9 Å². The van der Waals surface area contributed by atoms with Crippen molar-refractivity contribution in [2.75, 3.05) is 5.32 Å². The number of fused-ring (bicyclic) bond motifs is 1. The number of aromatic nitrogens is 4. The number of aryl methyl sites for hydroxylation is 2. The Morgan fingerprint density at radius 1 is 1.15 bits per heavy atom. The van der Waals surface area contributed by atoms with Gasteiger partial charge in [0, 0.05) is 47.2 Å². The zero-order valence-electron chi connectivity index (χ0n) is 24.3. The predicted octanol–water partition coefficient (Wildman–Crippen LogP) is 4.77. The molecule has 3 aromatic heterocycles. The fraction of sp³-hybridized carbons (Fsp3) is 0.387. The molecule has 0 atom stereocenters. The number of nitrogens with zero attached hydrogens (tertiary/aromatic N) is 4. The van der Waals surface area contributed by atoms with E-state index in [9.17, 15) is 19.5 Å². The van der Waals surface area contributed by atoms with Crippen molar-refractivity contribution in [1.82, 2.24) is 19.3 Å². The average Bonchev–Trinajstić information content (AvgIpc) is 2.93. The van der Waals surface area contributed by atoms with Crippen molar-refractivity contribution in [1.29, 1.82) is 0 Å². The maximum atomic E-state index is 15.2. The number of benzene rings is 1. The fourth-order valence-electron chi connectivity index (χ4n) is 5.00. The summed E-state index contributed by atoms with van der Waals surface area (Å²) >= 11 is 0. The minimum atomic E-state index is -0.668. The summed E-state index contributed by atoms with van der Waals surface area (Å²) in [6, 6.07) is 6.02. The third-order valence-electron chi connectivity index (χ3n) is 7.04. The van der Waals surface area contributed by atoms with E-state index in [1.165, 1.54) is 22.9 Å². The van der Waals surface area contributed by atoms with Crippen LogP contribution in [-0.4, -0.2) is 30.3 Å². The lowest BCUT2D eigenvalue weighted by molar-refractivity contribution is -0.115. The van der Waals surface area contributed by atoms with Crippen molar-refractivity contribution >= 4 is 22.4 Å². The third-order valence-corrected chi connectivity index (χ3v) is 7.04. The molecule has 0 aliphatic heterocycles. The van der Waals surface area contributed by atoms with Gasteiger partial charge < -0.3 is 15.0 Å². The smallest absolute Gasteiger partial charge is 0.282 e. The number of aliphatic hydroxyl groups is 1. The number of unbranched alkanes of at least 4 members (excludes halogenated alkanes) is 1. The molecule has 1 aromatic carbocycles. The number of hydrogen-bond acceptors (Lipinski definition) is 6. The summed E-state index contributed by atoms with van der Waals surface area (Å²) in [4.78, 5) is 43.6. The molecule has 41 heavy (non-hydrogen) atoms. The molecule has 4 rings (SSSR count). The first-order valence-electron chi connectivity index (χ1n) is 13.8. The average molecular weight is 562 g/mol. The maximum Gasteiger partial charge on any atom is 0.282 e. The number of anilines is 1. The SMILES string of the molecule is CCCCc1nn(-c2cnc(C(C)(C)C)c(CO)c2-c2cc(NC(=O)CC)c(=O)n(C)c2)c(=O)c2c(F)cccc12. The van der Waals surface area contributed by atoms with Gasteiger partial charge in [0.2, 0.25) is 5.91 Å². The minimum absolute atomic E-state index is 0.0503. The number of carbonyl (C=O) groups excluding carboxylic acids is 1. The lowest BCUT2D eigenvalue weighted by Crippen LogP contribution is -2.27. The highest BCUT2D eigenvalue weighted by Gasteiger charge is 2.27. The van der Waals surface area contributed by atoms with Gasteiger partial charge in [-0.05, 0) is 25.0 Å². The van der Waals surface area contributed by atoms with Crippen LogP contribution in [-0.2, 0) is 30.3 Å². The highest BCUT2D eigenvalue weighted by Crippen LogP contribution is 2.36. The minimum Gasteiger partial charge on any atom is -0.392 e. The quantitative estimate of drug-likeness (QED) is 0.320. The van der Waals surface area contributed by atoms with E-state index in [1.54, 1.807) is 32.3 Å². The zero-order valence-corrected chi connectivity index (χ0v) is 24.3. The van der Waals surface area contributed by atoms with Crippen molar-refractivity contribution in [2.45, 2.75) is 72.3 Å². The molecule has 2 N–H and O–H groups in total. The van der Waals surface area contributed by atoms with Crippen LogP contribution in [0.3, 0.4) is 0 Å². The van der Waals surface area contributed by atoms with Crippen molar-refractivity contribution in [3.05, 3.63) is 80.1 Å². The van der Waals surface area contributed by atoms with Crippen molar-refractivity contribution in [3.8, 4) is 16.8 Å². The largest absolute Gasteiger partial charge is 0.392 e. The second-order valence-electron chi connectivity index (χ2n) is 11.1. The fourth-order valence-corrected chi connectivity index (χ4v) is 5.00. The molecule has 0 bridgehead atoms. The lowest BCUT2D eigenvalue weighted by atomic mass is 9.85. The van der Waals surface area contributed by atoms with Gasteiger partial charge in [-0.3, -0.25) is 19.4 Å². The van der Waals surface area contributed by atoms with Gasteiger partial charge >= 0.3 is 0 Å². The Hall–Kier alpha value is -4.18. The summed E-state index contributed by atoms with van der Waals surface area (Å²) in [6.07, 6.45) is 5.43. The molecule has 0 saturated carbocycles. The van der Waals surface area contributed by atoms with E-state index in [2.05, 4.69) is 10.3 Å². The van der Waals surface area contributed by atoms with Gasteiger partial charge in [0.05, 0.1) is 35.3 Å². The van der Waals surface area contributed by atoms with Crippen LogP contribution in [0.15, 0.2) is 46.2 Å². The van der Waals surface area contributed by atoms with Crippen LogP contribution < -0.4 is 16.4 Å². The second kappa shape index (κ2) is 11.7. The van der Waals surface area contributed by atoms with Gasteiger partial charge in [-0.1, -0.05) is 53.2 Å². The number of pyridine rings is 2. The molecule has 3 heterocycles. The zero-order chi connectivity index (χ0) is 30.1. The molecule has 0 aliphatic rings. The molecule has 0 unspecified atom stereocenters. The molecule has 0 aliphatic carbocycles. The lowest BCUT2D eigenvalue weighted by Gasteiger charge is -2.25. The van der Waals surface area contributed by atoms with Crippen LogP contribution >= 0.6 is 0 Å². The summed E-state index contributed by atoms with van der Waals surface area (Å²) in [5.74, 6) is -0.994. The van der Waals surface area contributed by atoms with Gasteiger partial charge in [-0.15, -0.1) is 0 Å². The summed E-state index contributed by atoms with van der Waals surface area (Å²) in [7, 11) is 1.55. The van der Waals surface area contributed by atoms with E-state index < -0.39 is 29.0 Å². The molecule has 10 heteroatoms. The van der Waals surface area contributed by atoms with Gasteiger partial charge in [-0.25, -0.2) is 4.39 Å². The van der Waals surface area contributed by atoms with Gasteiger partial charge in [0.1, 0.15) is 11.5 Å². The van der Waals surface area contributed by atoms with Crippen LogP contribution in [0.5, 0.6) is 0 Å². The summed E-state index contributed by atoms with van der Waals surface area (Å²) in [6.45, 7) is 9.13. The van der Waals surface area contributed by atoms with Gasteiger partial charge in [0.15, 0.2) is 0 Å². The van der Waals surface area contributed by atoms with Crippen molar-refractivity contribution < 1.29 is 14.3 Å². The van der Waals surface area contributed by atoms with Crippen molar-refractivity contribution in [3.63, 3.8) is 0 Å². The number of nitrogens with one attached hydrogen (secondary N) is 1. The van der Waals surface area contributed by atoms with Crippen LogP contribution in [0.25, 0.3) is 27.6 Å². The van der Waals surface area contributed by atoms with E-state index >= 15 is 4.39 Å². The molecule has 9 nitrogen and oxygen atoms in total. The molecular weight excluding hydrogens is 525 g/mol. The van der Waals surface area contributed by atoms with Crippen LogP contribution in [0.4, 0.5) is 10.1 Å². The first-order valence-corrected chi connectivity index (χ1v) is 13.8. The Labute approximate surface area is 237 Å². The number of halogens is 1. The number of carbonyl (C=O) groups is 1. The monoisotopic (exact) mass is 561 g/mol. The van der Waals surface area contributed by atoms with Crippen LogP contribution in [0.1, 0.15) is 70.8 Å². The Morgan fingerprint density at radius 2 is 1.88 bits per heavy atom. The van der Waals surface area contributed by atoms with Gasteiger partial charge in [-0.2, -0.15) is 9.78 Å². The van der Waals surface area contributed by atoms with Crippen molar-refractivity contribution in [2.24, 2.45) is 7.05 Å². The Bertz CT molecular complexity index is 1750. The third kappa shape index (κ3) is 5.69. The molecule has 0 saturated heterocycles. The summed E-state index contributed by atoms with van der Waals surface area (Å²) in [5, 5.41) is 18.4. The normalized spacial score (nSPS) is 11.7. The Kier molecular flexibility index (Phi) is 8.53. The van der Waals surface area contributed by atoms with E-state index in [4.69, 9.17) is 5.10 Å². The molecule has 4 aromatic rings. The van der Waals surface area contributed by atoms with E-state index in [1.807, 2.05) is 27.7 Å². The first-order chi connectivity index (χ1) is 19.4. The molecule has 0 fully saturated rings. The van der Waals surface area contributed by atoms with Crippen LogP contribution in [0.2, 0.25) is 0 Å². The standard InChI is InChI=1S/C31H36FN5O4/c1-7-9-13-22-19-11-10-12-21(32)27(19)30(41)37(35-22)24-15-33-28(31(3,4)5)20(17-38)26(24)18-14-23(34-25(39)8-2)29(40)36(6)16-18/h10-12,14-16,38H,7-9,13,17H2,1-6H3,(H,34,39). The molecular formula is C31H36FN5O4. The number of rotatable bonds is 8. The Morgan fingerprint density at radius 3 is 2.51 bits per heavy atom. The highest BCUT2D eigenvalue weighted by atomic mass is 19.1. The molecule has 216 valence electrons. The van der Waals surface area contributed by atoms with E-state index in [0.717, 1.165) is 17.5 Å². The number of amides is 1. The predicted molar refractivity (Wildman–Crippen MR) is 158 cm³/mol. The maximum absolute atomic E-state index is 15.2. The first kappa shape index (κ1) is 29.8. The van der Waals surface area contributed by atoms with Crippen LogP contribution in [0, 0.1) is 5.82 Å².